The van der Waals surface area contributed by atoms with Gasteiger partial charge in [-0.3, -0.25) is 4.79 Å². The Morgan fingerprint density at radius 2 is 1.58 bits per heavy atom. The fourth-order valence-corrected chi connectivity index (χ4v) is 2.51. The molecule has 0 aliphatic rings. The highest BCUT2D eigenvalue weighted by molar-refractivity contribution is 5.77. The van der Waals surface area contributed by atoms with Crippen LogP contribution in [0.4, 0.5) is 4.39 Å². The number of methoxy groups -OCH3 is 3. The molecular weight excluding hydrogens is 315 g/mol. The largest absolute Gasteiger partial charge is 0.493 e. The Balaban J connectivity index is 2.43. The van der Waals surface area contributed by atoms with Crippen molar-refractivity contribution in [2.75, 3.05) is 21.3 Å². The van der Waals surface area contributed by atoms with Crippen LogP contribution in [0.25, 0.3) is 0 Å². The molecule has 0 amide bonds. The van der Waals surface area contributed by atoms with Gasteiger partial charge in [0.2, 0.25) is 5.75 Å². The number of carboxylic acids is 1. The number of aliphatic carboxylic acids is 1. The van der Waals surface area contributed by atoms with Crippen LogP contribution in [0.15, 0.2) is 36.4 Å². The molecule has 1 unspecified atom stereocenters. The predicted octanol–water partition coefficient (Wildman–Crippen LogP) is 3.26. The van der Waals surface area contributed by atoms with Crippen molar-refractivity contribution in [2.45, 2.75) is 12.3 Å². The lowest BCUT2D eigenvalue weighted by Gasteiger charge is -2.18. The van der Waals surface area contributed by atoms with E-state index >= 15 is 0 Å². The molecule has 0 saturated carbocycles. The van der Waals surface area contributed by atoms with Gasteiger partial charge in [0, 0.05) is 0 Å². The average molecular weight is 334 g/mol. The summed E-state index contributed by atoms with van der Waals surface area (Å²) in [6, 6.07) is 8.99. The molecule has 24 heavy (non-hydrogen) atoms. The average Bonchev–Trinajstić information content (AvgIpc) is 2.59. The first kappa shape index (κ1) is 17.6. The Morgan fingerprint density at radius 3 is 2.00 bits per heavy atom. The highest BCUT2D eigenvalue weighted by Crippen LogP contribution is 2.40. The maximum Gasteiger partial charge on any atom is 0.311 e. The minimum absolute atomic E-state index is 0.217. The third kappa shape index (κ3) is 3.76. The van der Waals surface area contributed by atoms with E-state index in [0.29, 0.717) is 22.8 Å². The van der Waals surface area contributed by atoms with Crippen molar-refractivity contribution >= 4 is 5.97 Å². The summed E-state index contributed by atoms with van der Waals surface area (Å²) < 4.78 is 28.8. The second-order valence-corrected chi connectivity index (χ2v) is 5.18. The molecule has 0 fully saturated rings. The summed E-state index contributed by atoms with van der Waals surface area (Å²) in [4.78, 5) is 11.7. The second kappa shape index (κ2) is 7.68. The molecule has 128 valence electrons. The SMILES string of the molecule is COc1cc(C(Cc2ccc(F)cc2)C(=O)O)cc(OC)c1OC. The topological polar surface area (TPSA) is 65.0 Å². The fraction of sp³-hybridized carbons (Fsp3) is 0.278. The molecule has 0 aliphatic carbocycles. The molecule has 0 radical (unpaired) electrons. The van der Waals surface area contributed by atoms with Crippen molar-refractivity contribution in [3.8, 4) is 17.2 Å². The number of hydrogen-bond donors (Lipinski definition) is 1. The van der Waals surface area contributed by atoms with E-state index in [0.717, 1.165) is 5.56 Å². The number of carboxylic acid groups (broad SMARTS) is 1. The number of hydrogen-bond acceptors (Lipinski definition) is 4. The second-order valence-electron chi connectivity index (χ2n) is 5.18. The van der Waals surface area contributed by atoms with E-state index in [-0.39, 0.29) is 12.2 Å². The summed E-state index contributed by atoms with van der Waals surface area (Å²) in [5, 5.41) is 9.61. The Morgan fingerprint density at radius 1 is 1.04 bits per heavy atom. The maximum absolute atomic E-state index is 13.0. The molecule has 0 saturated heterocycles. The number of rotatable bonds is 7. The Hall–Kier alpha value is -2.76. The van der Waals surface area contributed by atoms with Crippen molar-refractivity contribution in [1.29, 1.82) is 0 Å². The summed E-state index contributed by atoms with van der Waals surface area (Å²) in [5.74, 6) is -1.01. The third-order valence-corrected chi connectivity index (χ3v) is 3.74. The van der Waals surface area contributed by atoms with Crippen molar-refractivity contribution in [3.63, 3.8) is 0 Å². The van der Waals surface area contributed by atoms with Gasteiger partial charge in [0.15, 0.2) is 11.5 Å². The van der Waals surface area contributed by atoms with Gasteiger partial charge >= 0.3 is 5.97 Å². The van der Waals surface area contributed by atoms with Crippen molar-refractivity contribution in [2.24, 2.45) is 0 Å². The fourth-order valence-electron chi connectivity index (χ4n) is 2.51. The molecule has 0 aliphatic heterocycles. The smallest absolute Gasteiger partial charge is 0.311 e. The van der Waals surface area contributed by atoms with E-state index < -0.39 is 11.9 Å². The van der Waals surface area contributed by atoms with Gasteiger partial charge in [-0.25, -0.2) is 4.39 Å². The predicted molar refractivity (Wildman–Crippen MR) is 86.6 cm³/mol. The van der Waals surface area contributed by atoms with Gasteiger partial charge in [0.25, 0.3) is 0 Å². The zero-order valence-corrected chi connectivity index (χ0v) is 13.7. The van der Waals surface area contributed by atoms with Gasteiger partial charge in [-0.2, -0.15) is 0 Å². The molecule has 6 heteroatoms. The van der Waals surface area contributed by atoms with Crippen LogP contribution in [0.1, 0.15) is 17.0 Å². The van der Waals surface area contributed by atoms with Crippen LogP contribution < -0.4 is 14.2 Å². The lowest BCUT2D eigenvalue weighted by Crippen LogP contribution is -2.15. The van der Waals surface area contributed by atoms with Gasteiger partial charge in [-0.15, -0.1) is 0 Å². The van der Waals surface area contributed by atoms with E-state index in [4.69, 9.17) is 14.2 Å². The number of carbonyl (C=O) groups is 1. The van der Waals surface area contributed by atoms with Gasteiger partial charge in [-0.05, 0) is 41.8 Å². The normalized spacial score (nSPS) is 11.7. The van der Waals surface area contributed by atoms with E-state index in [1.165, 1.54) is 33.5 Å². The van der Waals surface area contributed by atoms with Gasteiger partial charge in [-0.1, -0.05) is 12.1 Å². The van der Waals surface area contributed by atoms with E-state index in [2.05, 4.69) is 0 Å². The number of benzene rings is 2. The lowest BCUT2D eigenvalue weighted by atomic mass is 9.91. The zero-order chi connectivity index (χ0) is 17.7. The lowest BCUT2D eigenvalue weighted by molar-refractivity contribution is -0.138. The Labute approximate surface area is 139 Å². The van der Waals surface area contributed by atoms with Crippen LogP contribution in [0.5, 0.6) is 17.2 Å². The number of halogens is 1. The summed E-state index contributed by atoms with van der Waals surface area (Å²) in [6.45, 7) is 0. The highest BCUT2D eigenvalue weighted by atomic mass is 19.1. The monoisotopic (exact) mass is 334 g/mol. The minimum Gasteiger partial charge on any atom is -0.493 e. The minimum atomic E-state index is -0.992. The molecule has 0 spiro atoms. The van der Waals surface area contributed by atoms with Crippen LogP contribution in [-0.4, -0.2) is 32.4 Å². The van der Waals surface area contributed by atoms with E-state index in [9.17, 15) is 14.3 Å². The molecule has 1 N–H and O–H groups in total. The quantitative estimate of drug-likeness (QED) is 0.842. The van der Waals surface area contributed by atoms with Crippen LogP contribution in [-0.2, 0) is 11.2 Å². The molecule has 0 heterocycles. The summed E-state index contributed by atoms with van der Waals surface area (Å²) in [5.41, 5.74) is 1.24. The molecular formula is C18H19FO5. The summed E-state index contributed by atoms with van der Waals surface area (Å²) in [6.07, 6.45) is 0.217. The summed E-state index contributed by atoms with van der Waals surface area (Å²) in [7, 11) is 4.42. The highest BCUT2D eigenvalue weighted by Gasteiger charge is 2.24. The number of ether oxygens (including phenoxy) is 3. The van der Waals surface area contributed by atoms with Gasteiger partial charge in [0.05, 0.1) is 27.2 Å². The van der Waals surface area contributed by atoms with Crippen molar-refractivity contribution in [3.05, 3.63) is 53.3 Å². The van der Waals surface area contributed by atoms with Gasteiger partial charge < -0.3 is 19.3 Å². The first-order valence-electron chi connectivity index (χ1n) is 7.27. The molecule has 2 aromatic rings. The summed E-state index contributed by atoms with van der Waals surface area (Å²) >= 11 is 0. The van der Waals surface area contributed by atoms with Crippen molar-refractivity contribution in [1.82, 2.24) is 0 Å². The molecule has 0 bridgehead atoms. The maximum atomic E-state index is 13.0. The van der Waals surface area contributed by atoms with Crippen LogP contribution in [0, 0.1) is 5.82 Å². The van der Waals surface area contributed by atoms with E-state index in [1.54, 1.807) is 24.3 Å². The molecule has 1 atom stereocenters. The first-order valence-corrected chi connectivity index (χ1v) is 7.27. The molecule has 2 rings (SSSR count). The van der Waals surface area contributed by atoms with Crippen LogP contribution >= 0.6 is 0 Å². The molecule has 2 aromatic carbocycles. The van der Waals surface area contributed by atoms with Crippen LogP contribution in [0.2, 0.25) is 0 Å². The van der Waals surface area contributed by atoms with Gasteiger partial charge in [0.1, 0.15) is 5.82 Å². The van der Waals surface area contributed by atoms with Crippen molar-refractivity contribution < 1.29 is 28.5 Å². The zero-order valence-electron chi connectivity index (χ0n) is 13.7. The molecule has 5 nitrogen and oxygen atoms in total. The van der Waals surface area contributed by atoms with Crippen LogP contribution in [0.3, 0.4) is 0 Å². The Bertz CT molecular complexity index is 687. The molecule has 0 aromatic heterocycles. The Kier molecular flexibility index (Phi) is 5.63. The van der Waals surface area contributed by atoms with E-state index in [1.807, 2.05) is 0 Å². The first-order chi connectivity index (χ1) is 11.5. The standard InChI is InChI=1S/C18H19FO5/c1-22-15-9-12(10-16(23-2)17(15)24-3)14(18(20)21)8-11-4-6-13(19)7-5-11/h4-7,9-10,14H,8H2,1-3H3,(H,20,21). The third-order valence-electron chi connectivity index (χ3n) is 3.74.